The van der Waals surface area contributed by atoms with Gasteiger partial charge in [0.2, 0.25) is 5.91 Å². The summed E-state index contributed by atoms with van der Waals surface area (Å²) >= 11 is 0. The molecule has 15 heavy (non-hydrogen) atoms. The van der Waals surface area contributed by atoms with Crippen LogP contribution in [0.5, 0.6) is 0 Å². The Kier molecular flexibility index (Phi) is 3.13. The summed E-state index contributed by atoms with van der Waals surface area (Å²) in [5.41, 5.74) is 0.789. The van der Waals surface area contributed by atoms with Gasteiger partial charge in [-0.1, -0.05) is 0 Å². The molecule has 0 aliphatic carbocycles. The molecule has 1 amide bonds. The molecule has 0 radical (unpaired) electrons. The number of H-pyrrole nitrogens is 1. The number of nitrogens with one attached hydrogen (secondary N) is 2. The lowest BCUT2D eigenvalue weighted by atomic mass is 10.4. The first-order chi connectivity index (χ1) is 6.80. The fourth-order valence-electron chi connectivity index (χ4n) is 0.904. The number of hydrogen-bond acceptors (Lipinski definition) is 4. The highest BCUT2D eigenvalue weighted by Gasteiger charge is 2.23. The van der Waals surface area contributed by atoms with Gasteiger partial charge in [0.1, 0.15) is 5.25 Å². The van der Waals surface area contributed by atoms with Gasteiger partial charge in [0.25, 0.3) is 0 Å². The first-order valence-corrected chi connectivity index (χ1v) is 6.28. The summed E-state index contributed by atoms with van der Waals surface area (Å²) in [5, 5.41) is 7.74. The van der Waals surface area contributed by atoms with Crippen molar-refractivity contribution in [2.75, 3.05) is 11.6 Å². The minimum atomic E-state index is -3.37. The summed E-state index contributed by atoms with van der Waals surface area (Å²) in [6.07, 6.45) is 1.02. The molecule has 6 nitrogen and oxygen atoms in total. The van der Waals surface area contributed by atoms with Crippen LogP contribution >= 0.6 is 0 Å². The van der Waals surface area contributed by atoms with E-state index in [1.54, 1.807) is 13.0 Å². The van der Waals surface area contributed by atoms with Crippen LogP contribution in [0.25, 0.3) is 0 Å². The number of hydrogen-bond donors (Lipinski definition) is 2. The molecule has 0 aliphatic heterocycles. The number of carbonyl (C=O) groups is 1. The third-order valence-electron chi connectivity index (χ3n) is 1.97. The van der Waals surface area contributed by atoms with E-state index in [1.807, 2.05) is 0 Å². The van der Waals surface area contributed by atoms with Gasteiger partial charge in [0, 0.05) is 18.0 Å². The van der Waals surface area contributed by atoms with Crippen LogP contribution in [0.15, 0.2) is 6.07 Å². The van der Waals surface area contributed by atoms with Crippen molar-refractivity contribution in [2.45, 2.75) is 19.1 Å². The maximum atomic E-state index is 11.4. The van der Waals surface area contributed by atoms with E-state index in [2.05, 4.69) is 15.5 Å². The van der Waals surface area contributed by atoms with E-state index in [1.165, 1.54) is 6.92 Å². The molecular formula is C8H13N3O3S. The summed E-state index contributed by atoms with van der Waals surface area (Å²) in [5.74, 6) is -0.253. The van der Waals surface area contributed by atoms with Gasteiger partial charge in [-0.3, -0.25) is 9.89 Å². The van der Waals surface area contributed by atoms with Gasteiger partial charge in [-0.05, 0) is 13.8 Å². The zero-order valence-electron chi connectivity index (χ0n) is 8.73. The zero-order chi connectivity index (χ0) is 11.6. The molecule has 1 heterocycles. The Balaban J connectivity index is 2.72. The maximum Gasteiger partial charge on any atom is 0.243 e. The monoisotopic (exact) mass is 231 g/mol. The highest BCUT2D eigenvalue weighted by Crippen LogP contribution is 2.06. The Labute approximate surface area is 88.0 Å². The summed E-state index contributed by atoms with van der Waals surface area (Å²) < 4.78 is 22.2. The molecule has 1 rings (SSSR count). The van der Waals surface area contributed by atoms with Crippen molar-refractivity contribution < 1.29 is 13.2 Å². The average Bonchev–Trinajstić information content (AvgIpc) is 2.48. The van der Waals surface area contributed by atoms with Crippen molar-refractivity contribution in [3.8, 4) is 0 Å². The third-order valence-corrected chi connectivity index (χ3v) is 3.47. The molecule has 0 saturated heterocycles. The van der Waals surface area contributed by atoms with Gasteiger partial charge in [-0.25, -0.2) is 8.42 Å². The molecule has 1 aromatic rings. The second-order valence-corrected chi connectivity index (χ2v) is 5.76. The third kappa shape index (κ3) is 3.05. The van der Waals surface area contributed by atoms with Crippen LogP contribution < -0.4 is 5.32 Å². The van der Waals surface area contributed by atoms with Crippen LogP contribution in [0.2, 0.25) is 0 Å². The van der Waals surface area contributed by atoms with Crippen molar-refractivity contribution in [3.05, 3.63) is 11.8 Å². The Bertz CT molecular complexity index is 463. The van der Waals surface area contributed by atoms with Gasteiger partial charge >= 0.3 is 0 Å². The lowest BCUT2D eigenvalue weighted by Gasteiger charge is -2.07. The van der Waals surface area contributed by atoms with Crippen LogP contribution in [0, 0.1) is 6.92 Å². The van der Waals surface area contributed by atoms with Crippen LogP contribution in [0.4, 0.5) is 5.82 Å². The standard InChI is InChI=1S/C8H13N3O3S/c1-5-4-7(11-10-5)9-8(12)6(2)15(3,13)14/h4,6H,1-3H3,(H2,9,10,11,12). The molecule has 0 bridgehead atoms. The second-order valence-electron chi connectivity index (χ2n) is 3.40. The lowest BCUT2D eigenvalue weighted by molar-refractivity contribution is -0.115. The van der Waals surface area contributed by atoms with Crippen molar-refractivity contribution in [1.29, 1.82) is 0 Å². The van der Waals surface area contributed by atoms with Gasteiger partial charge in [0.05, 0.1) is 0 Å². The number of carbonyl (C=O) groups excluding carboxylic acids is 1. The fourth-order valence-corrected chi connectivity index (χ4v) is 1.35. The van der Waals surface area contributed by atoms with E-state index in [9.17, 15) is 13.2 Å². The quantitative estimate of drug-likeness (QED) is 0.771. The first kappa shape index (κ1) is 11.7. The van der Waals surface area contributed by atoms with Crippen LogP contribution in [-0.2, 0) is 14.6 Å². The number of aromatic nitrogens is 2. The Hall–Kier alpha value is -1.37. The molecule has 0 saturated carbocycles. The smallest absolute Gasteiger partial charge is 0.243 e. The minimum Gasteiger partial charge on any atom is -0.308 e. The number of aryl methyl sites for hydroxylation is 1. The van der Waals surface area contributed by atoms with Crippen molar-refractivity contribution in [1.82, 2.24) is 10.2 Å². The Morgan fingerprint density at radius 3 is 2.60 bits per heavy atom. The van der Waals surface area contributed by atoms with E-state index in [4.69, 9.17) is 0 Å². The van der Waals surface area contributed by atoms with Crippen molar-refractivity contribution >= 4 is 21.6 Å². The van der Waals surface area contributed by atoms with Gasteiger partial charge in [-0.15, -0.1) is 0 Å². The Morgan fingerprint density at radius 2 is 2.20 bits per heavy atom. The molecule has 2 N–H and O–H groups in total. The molecule has 1 unspecified atom stereocenters. The van der Waals surface area contributed by atoms with Crippen LogP contribution in [0.1, 0.15) is 12.6 Å². The molecule has 0 fully saturated rings. The predicted octanol–water partition coefficient (Wildman–Crippen LogP) is 0.0897. The number of nitrogens with zero attached hydrogens (tertiary/aromatic N) is 1. The average molecular weight is 231 g/mol. The number of aromatic amines is 1. The molecule has 1 atom stereocenters. The second kappa shape index (κ2) is 4.01. The van der Waals surface area contributed by atoms with Crippen LogP contribution in [0.3, 0.4) is 0 Å². The SMILES string of the molecule is Cc1cc(NC(=O)C(C)S(C)(=O)=O)n[nH]1. The number of amides is 1. The number of rotatable bonds is 3. The zero-order valence-corrected chi connectivity index (χ0v) is 9.55. The molecule has 0 aliphatic rings. The van der Waals surface area contributed by atoms with Crippen molar-refractivity contribution in [2.24, 2.45) is 0 Å². The number of sulfone groups is 1. The summed E-state index contributed by atoms with van der Waals surface area (Å²) in [4.78, 5) is 11.4. The molecule has 84 valence electrons. The fraction of sp³-hybridized carbons (Fsp3) is 0.500. The topological polar surface area (TPSA) is 91.9 Å². The van der Waals surface area contributed by atoms with E-state index in [0.29, 0.717) is 5.82 Å². The van der Waals surface area contributed by atoms with E-state index in [0.717, 1.165) is 11.9 Å². The normalized spacial score (nSPS) is 13.5. The van der Waals surface area contributed by atoms with E-state index in [-0.39, 0.29) is 0 Å². The highest BCUT2D eigenvalue weighted by molar-refractivity contribution is 7.92. The molecule has 0 spiro atoms. The molecular weight excluding hydrogens is 218 g/mol. The van der Waals surface area contributed by atoms with Crippen molar-refractivity contribution in [3.63, 3.8) is 0 Å². The van der Waals surface area contributed by atoms with Gasteiger partial charge in [-0.2, -0.15) is 5.10 Å². The summed E-state index contributed by atoms with van der Waals surface area (Å²) in [6.45, 7) is 3.12. The number of anilines is 1. The molecule has 7 heteroatoms. The lowest BCUT2D eigenvalue weighted by Crippen LogP contribution is -2.31. The van der Waals surface area contributed by atoms with Gasteiger partial charge in [0.15, 0.2) is 15.7 Å². The van der Waals surface area contributed by atoms with E-state index >= 15 is 0 Å². The largest absolute Gasteiger partial charge is 0.308 e. The Morgan fingerprint density at radius 1 is 1.60 bits per heavy atom. The summed E-state index contributed by atoms with van der Waals surface area (Å²) in [7, 11) is -3.37. The summed E-state index contributed by atoms with van der Waals surface area (Å²) in [6, 6.07) is 1.62. The molecule has 1 aromatic heterocycles. The van der Waals surface area contributed by atoms with Gasteiger partial charge < -0.3 is 5.32 Å². The highest BCUT2D eigenvalue weighted by atomic mass is 32.2. The predicted molar refractivity (Wildman–Crippen MR) is 56.3 cm³/mol. The van der Waals surface area contributed by atoms with E-state index < -0.39 is 21.0 Å². The minimum absolute atomic E-state index is 0.327. The molecule has 0 aromatic carbocycles. The van der Waals surface area contributed by atoms with Crippen LogP contribution in [-0.4, -0.2) is 36.0 Å². The first-order valence-electron chi connectivity index (χ1n) is 4.32. The maximum absolute atomic E-state index is 11.4.